The van der Waals surface area contributed by atoms with Crippen LogP contribution in [0.15, 0.2) is 16.6 Å². The van der Waals surface area contributed by atoms with E-state index in [4.69, 9.17) is 4.74 Å². The van der Waals surface area contributed by atoms with Gasteiger partial charge in [-0.2, -0.15) is 0 Å². The van der Waals surface area contributed by atoms with Gasteiger partial charge in [-0.15, -0.1) is 0 Å². The molecule has 0 aliphatic rings. The first kappa shape index (κ1) is 11.2. The van der Waals surface area contributed by atoms with Crippen LogP contribution >= 0.6 is 15.9 Å². The number of hydrogen-bond acceptors (Lipinski definition) is 2. The number of carbonyl (C=O) groups is 1. The third-order valence-electron chi connectivity index (χ3n) is 1.56. The smallest absolute Gasteiger partial charge is 0.176 e. The van der Waals surface area contributed by atoms with E-state index in [0.29, 0.717) is 10.8 Å². The summed E-state index contributed by atoms with van der Waals surface area (Å²) in [6.07, 6.45) is 0.331. The number of halogens is 2. The van der Waals surface area contributed by atoms with Gasteiger partial charge in [0.25, 0.3) is 0 Å². The van der Waals surface area contributed by atoms with Crippen LogP contribution in [0.5, 0.6) is 5.75 Å². The van der Waals surface area contributed by atoms with Crippen molar-refractivity contribution in [2.24, 2.45) is 0 Å². The molecule has 0 atom stereocenters. The summed E-state index contributed by atoms with van der Waals surface area (Å²) >= 11 is 3.16. The summed E-state index contributed by atoms with van der Waals surface area (Å²) in [4.78, 5) is 10.5. The molecule has 0 aromatic heterocycles. The zero-order chi connectivity index (χ0) is 10.7. The Balaban J connectivity index is 3.18. The van der Waals surface area contributed by atoms with Gasteiger partial charge in [-0.25, -0.2) is 4.39 Å². The topological polar surface area (TPSA) is 26.3 Å². The van der Waals surface area contributed by atoms with Crippen molar-refractivity contribution in [3.05, 3.63) is 28.0 Å². The van der Waals surface area contributed by atoms with Gasteiger partial charge < -0.3 is 4.74 Å². The molecule has 1 aromatic rings. The van der Waals surface area contributed by atoms with Crippen molar-refractivity contribution in [3.63, 3.8) is 0 Å². The molecule has 0 aliphatic heterocycles. The fraction of sp³-hybridized carbons (Fsp3) is 0.300. The molecule has 0 bridgehead atoms. The molecule has 14 heavy (non-hydrogen) atoms. The Morgan fingerprint density at radius 2 is 2.14 bits per heavy atom. The minimum Gasteiger partial charge on any atom is -0.487 e. The fourth-order valence-corrected chi connectivity index (χ4v) is 1.38. The van der Waals surface area contributed by atoms with Crippen LogP contribution < -0.4 is 4.74 Å². The number of carbonyl (C=O) groups excluding carboxylic acids is 1. The number of hydrogen-bond donors (Lipinski definition) is 0. The molecule has 0 heterocycles. The Morgan fingerprint density at radius 3 is 2.64 bits per heavy atom. The molecule has 1 rings (SSSR count). The lowest BCUT2D eigenvalue weighted by Gasteiger charge is -2.12. The molecule has 0 amide bonds. The van der Waals surface area contributed by atoms with Gasteiger partial charge >= 0.3 is 0 Å². The Labute approximate surface area is 90.2 Å². The molecule has 0 saturated carbocycles. The molecule has 2 nitrogen and oxygen atoms in total. The molecule has 0 aliphatic carbocycles. The fourth-order valence-electron chi connectivity index (χ4n) is 0.982. The average molecular weight is 261 g/mol. The van der Waals surface area contributed by atoms with E-state index in [9.17, 15) is 9.18 Å². The summed E-state index contributed by atoms with van der Waals surface area (Å²) in [7, 11) is 0. The predicted molar refractivity (Wildman–Crippen MR) is 55.3 cm³/mol. The maximum Gasteiger partial charge on any atom is 0.176 e. The first-order chi connectivity index (χ1) is 6.56. The zero-order valence-corrected chi connectivity index (χ0v) is 9.47. The SMILES string of the molecule is CC(C)Oc1c(Br)ccc(C=O)c1F. The standard InChI is InChI=1S/C10H10BrFO2/c1-6(2)14-10-8(11)4-3-7(5-13)9(10)12/h3-6H,1-2H3. The van der Waals surface area contributed by atoms with Gasteiger partial charge in [-0.05, 0) is 41.9 Å². The largest absolute Gasteiger partial charge is 0.487 e. The van der Waals surface area contributed by atoms with Gasteiger partial charge in [0.05, 0.1) is 16.1 Å². The normalized spacial score (nSPS) is 10.4. The number of rotatable bonds is 3. The second-order valence-corrected chi connectivity index (χ2v) is 3.92. The Bertz CT molecular complexity index is 350. The molecule has 0 saturated heterocycles. The molecular formula is C10H10BrFO2. The van der Waals surface area contributed by atoms with Crippen molar-refractivity contribution in [1.82, 2.24) is 0 Å². The molecule has 0 unspecified atom stereocenters. The molecule has 4 heteroatoms. The highest BCUT2D eigenvalue weighted by atomic mass is 79.9. The van der Waals surface area contributed by atoms with Crippen molar-refractivity contribution >= 4 is 22.2 Å². The molecule has 0 radical (unpaired) electrons. The lowest BCUT2D eigenvalue weighted by atomic mass is 10.2. The van der Waals surface area contributed by atoms with Crippen LogP contribution in [0.1, 0.15) is 24.2 Å². The van der Waals surface area contributed by atoms with Crippen molar-refractivity contribution in [3.8, 4) is 5.75 Å². The maximum atomic E-state index is 13.5. The van der Waals surface area contributed by atoms with Gasteiger partial charge in [0.2, 0.25) is 0 Å². The minimum absolute atomic E-state index is 0.00356. The molecule has 0 spiro atoms. The van der Waals surface area contributed by atoms with Crippen molar-refractivity contribution < 1.29 is 13.9 Å². The Hall–Kier alpha value is -0.900. The highest BCUT2D eigenvalue weighted by Crippen LogP contribution is 2.30. The summed E-state index contributed by atoms with van der Waals surface area (Å²) in [6, 6.07) is 2.99. The van der Waals surface area contributed by atoms with Crippen LogP contribution in [0.3, 0.4) is 0 Å². The van der Waals surface area contributed by atoms with E-state index < -0.39 is 5.82 Å². The summed E-state index contributed by atoms with van der Waals surface area (Å²) in [5.74, 6) is -0.535. The average Bonchev–Trinajstić information content (AvgIpc) is 2.12. The van der Waals surface area contributed by atoms with Crippen LogP contribution in [0.4, 0.5) is 4.39 Å². The minimum atomic E-state index is -0.622. The maximum absolute atomic E-state index is 13.5. The third kappa shape index (κ3) is 2.32. The molecule has 1 aromatic carbocycles. The second kappa shape index (κ2) is 4.55. The van der Waals surface area contributed by atoms with Crippen LogP contribution in [0, 0.1) is 5.82 Å². The number of ether oxygens (including phenoxy) is 1. The van der Waals surface area contributed by atoms with E-state index in [1.165, 1.54) is 6.07 Å². The number of benzene rings is 1. The highest BCUT2D eigenvalue weighted by Gasteiger charge is 2.13. The quantitative estimate of drug-likeness (QED) is 0.781. The van der Waals surface area contributed by atoms with E-state index in [0.717, 1.165) is 0 Å². The molecule has 0 N–H and O–H groups in total. The molecule has 76 valence electrons. The zero-order valence-electron chi connectivity index (χ0n) is 7.88. The summed E-state index contributed by atoms with van der Waals surface area (Å²) in [6.45, 7) is 3.58. The van der Waals surface area contributed by atoms with Gasteiger partial charge in [0, 0.05) is 0 Å². The summed E-state index contributed by atoms with van der Waals surface area (Å²) in [5, 5.41) is 0. The van der Waals surface area contributed by atoms with Crippen molar-refractivity contribution in [2.75, 3.05) is 0 Å². The van der Waals surface area contributed by atoms with Gasteiger partial charge in [-0.1, -0.05) is 0 Å². The predicted octanol–water partition coefficient (Wildman–Crippen LogP) is 3.19. The monoisotopic (exact) mass is 260 g/mol. The molecule has 0 fully saturated rings. The van der Waals surface area contributed by atoms with Crippen LogP contribution in [-0.4, -0.2) is 12.4 Å². The van der Waals surface area contributed by atoms with E-state index in [1.807, 2.05) is 0 Å². The van der Waals surface area contributed by atoms with Gasteiger partial charge in [-0.3, -0.25) is 4.79 Å². The van der Waals surface area contributed by atoms with Gasteiger partial charge in [0.15, 0.2) is 17.9 Å². The summed E-state index contributed by atoms with van der Waals surface area (Å²) < 4.78 is 19.3. The van der Waals surface area contributed by atoms with E-state index in [2.05, 4.69) is 15.9 Å². The lowest BCUT2D eigenvalue weighted by Crippen LogP contribution is -2.08. The van der Waals surface area contributed by atoms with Gasteiger partial charge in [0.1, 0.15) is 0 Å². The Kier molecular flexibility index (Phi) is 3.63. The first-order valence-electron chi connectivity index (χ1n) is 4.16. The van der Waals surface area contributed by atoms with Crippen LogP contribution in [0.2, 0.25) is 0 Å². The lowest BCUT2D eigenvalue weighted by molar-refractivity contribution is 0.111. The number of aldehydes is 1. The summed E-state index contributed by atoms with van der Waals surface area (Å²) in [5.41, 5.74) is 0.00356. The van der Waals surface area contributed by atoms with E-state index in [1.54, 1.807) is 19.9 Å². The van der Waals surface area contributed by atoms with Crippen molar-refractivity contribution in [2.45, 2.75) is 20.0 Å². The highest BCUT2D eigenvalue weighted by molar-refractivity contribution is 9.10. The molecular weight excluding hydrogens is 251 g/mol. The van der Waals surface area contributed by atoms with E-state index in [-0.39, 0.29) is 17.4 Å². The van der Waals surface area contributed by atoms with E-state index >= 15 is 0 Å². The van der Waals surface area contributed by atoms with Crippen molar-refractivity contribution in [1.29, 1.82) is 0 Å². The third-order valence-corrected chi connectivity index (χ3v) is 2.18. The van der Waals surface area contributed by atoms with Crippen LogP contribution in [-0.2, 0) is 0 Å². The Morgan fingerprint density at radius 1 is 1.50 bits per heavy atom. The van der Waals surface area contributed by atoms with Crippen LogP contribution in [0.25, 0.3) is 0 Å². The second-order valence-electron chi connectivity index (χ2n) is 3.06. The first-order valence-corrected chi connectivity index (χ1v) is 4.95.